The molecule has 1 aromatic rings. The summed E-state index contributed by atoms with van der Waals surface area (Å²) >= 11 is 0. The highest BCUT2D eigenvalue weighted by Gasteiger charge is 2.15. The monoisotopic (exact) mass is 282 g/mol. The van der Waals surface area contributed by atoms with E-state index in [9.17, 15) is 8.42 Å². The lowest BCUT2D eigenvalue weighted by Gasteiger charge is -2.30. The van der Waals surface area contributed by atoms with Crippen LogP contribution in [0.2, 0.25) is 0 Å². The number of anilines is 1. The zero-order chi connectivity index (χ0) is 13.9. The van der Waals surface area contributed by atoms with E-state index in [-0.39, 0.29) is 0 Å². The molecule has 1 aromatic carbocycles. The summed E-state index contributed by atoms with van der Waals surface area (Å²) in [6.45, 7) is 5.45. The quantitative estimate of drug-likeness (QED) is 0.922. The molecule has 0 bridgehead atoms. The Kier molecular flexibility index (Phi) is 4.47. The molecule has 106 valence electrons. The Labute approximate surface area is 115 Å². The topological polar surface area (TPSA) is 49.4 Å². The van der Waals surface area contributed by atoms with E-state index in [4.69, 9.17) is 0 Å². The molecule has 0 aromatic heterocycles. The van der Waals surface area contributed by atoms with Gasteiger partial charge in [-0.2, -0.15) is 0 Å². The van der Waals surface area contributed by atoms with E-state index < -0.39 is 10.0 Å². The molecular formula is C14H22N2O2S. The molecule has 1 heterocycles. The smallest absolute Gasteiger partial charge is 0.229 e. The van der Waals surface area contributed by atoms with Gasteiger partial charge in [-0.05, 0) is 49.5 Å². The first-order valence-electron chi connectivity index (χ1n) is 6.71. The molecule has 2 rings (SSSR count). The molecule has 1 fully saturated rings. The Hall–Kier alpha value is -1.07. The Morgan fingerprint density at radius 1 is 1.32 bits per heavy atom. The van der Waals surface area contributed by atoms with Crippen LogP contribution in [-0.4, -0.2) is 32.7 Å². The Bertz CT molecular complexity index is 520. The molecule has 0 saturated carbocycles. The number of rotatable bonds is 4. The number of piperidine rings is 1. The van der Waals surface area contributed by atoms with E-state index in [2.05, 4.69) is 16.5 Å². The summed E-state index contributed by atoms with van der Waals surface area (Å²) in [5.41, 5.74) is 1.80. The minimum atomic E-state index is -3.20. The third-order valence-electron chi connectivity index (χ3n) is 3.51. The number of nitrogens with one attached hydrogen (secondary N) is 1. The Balaban J connectivity index is 1.99. The summed E-state index contributed by atoms with van der Waals surface area (Å²) in [4.78, 5) is 2.43. The van der Waals surface area contributed by atoms with Crippen LogP contribution >= 0.6 is 0 Å². The lowest BCUT2D eigenvalue weighted by molar-refractivity contribution is 0.185. The first-order valence-corrected chi connectivity index (χ1v) is 8.60. The highest BCUT2D eigenvalue weighted by molar-refractivity contribution is 7.92. The molecule has 5 heteroatoms. The summed E-state index contributed by atoms with van der Waals surface area (Å²) in [5, 5.41) is 0. The zero-order valence-electron chi connectivity index (χ0n) is 11.6. The van der Waals surface area contributed by atoms with Crippen molar-refractivity contribution in [1.82, 2.24) is 4.90 Å². The van der Waals surface area contributed by atoms with Crippen LogP contribution < -0.4 is 4.72 Å². The Morgan fingerprint density at radius 3 is 2.63 bits per heavy atom. The molecule has 0 aliphatic carbocycles. The minimum Gasteiger partial charge on any atom is -0.299 e. The average molecular weight is 282 g/mol. The van der Waals surface area contributed by atoms with Crippen molar-refractivity contribution in [3.63, 3.8) is 0 Å². The van der Waals surface area contributed by atoms with Gasteiger partial charge in [-0.15, -0.1) is 0 Å². The normalized spacial score (nSPS) is 18.4. The van der Waals surface area contributed by atoms with E-state index in [1.165, 1.54) is 19.1 Å². The van der Waals surface area contributed by atoms with Crippen LogP contribution in [0.25, 0.3) is 0 Å². The van der Waals surface area contributed by atoms with Crippen molar-refractivity contribution >= 4 is 15.7 Å². The van der Waals surface area contributed by atoms with Gasteiger partial charge in [0.05, 0.1) is 6.26 Å². The standard InChI is InChI=1S/C14H22N2O2S/c1-12-6-8-16(9-7-12)11-13-4-3-5-14(10-13)15-19(2,17)18/h3-5,10,12,15H,6-9,11H2,1-2H3. The fourth-order valence-corrected chi connectivity index (χ4v) is 2.98. The van der Waals surface area contributed by atoms with Crippen LogP contribution in [0.4, 0.5) is 5.69 Å². The molecule has 1 aliphatic rings. The molecule has 1 N–H and O–H groups in total. The van der Waals surface area contributed by atoms with Crippen LogP contribution in [0, 0.1) is 5.92 Å². The van der Waals surface area contributed by atoms with Crippen LogP contribution in [0.15, 0.2) is 24.3 Å². The van der Waals surface area contributed by atoms with Crippen molar-refractivity contribution in [2.45, 2.75) is 26.3 Å². The first-order chi connectivity index (χ1) is 8.92. The number of hydrogen-bond acceptors (Lipinski definition) is 3. The highest BCUT2D eigenvalue weighted by atomic mass is 32.2. The van der Waals surface area contributed by atoms with Crippen LogP contribution in [-0.2, 0) is 16.6 Å². The fraction of sp³-hybridized carbons (Fsp3) is 0.571. The molecule has 0 spiro atoms. The molecule has 0 radical (unpaired) electrons. The zero-order valence-corrected chi connectivity index (χ0v) is 12.4. The molecule has 0 unspecified atom stereocenters. The maximum atomic E-state index is 11.2. The van der Waals surface area contributed by atoms with Crippen molar-refractivity contribution in [2.24, 2.45) is 5.92 Å². The second-order valence-corrected chi connectivity index (χ2v) is 7.28. The molecule has 1 aliphatic heterocycles. The van der Waals surface area contributed by atoms with Crippen LogP contribution in [0.5, 0.6) is 0 Å². The van der Waals surface area contributed by atoms with E-state index in [1.807, 2.05) is 18.2 Å². The van der Waals surface area contributed by atoms with Crippen molar-refractivity contribution in [3.05, 3.63) is 29.8 Å². The van der Waals surface area contributed by atoms with Gasteiger partial charge in [0.25, 0.3) is 0 Å². The fourth-order valence-electron chi connectivity index (χ4n) is 2.43. The number of hydrogen-bond donors (Lipinski definition) is 1. The van der Waals surface area contributed by atoms with Gasteiger partial charge < -0.3 is 0 Å². The van der Waals surface area contributed by atoms with Gasteiger partial charge in [0, 0.05) is 12.2 Å². The summed E-state index contributed by atoms with van der Waals surface area (Å²) in [6, 6.07) is 7.64. The molecule has 0 atom stereocenters. The van der Waals surface area contributed by atoms with Crippen molar-refractivity contribution in [1.29, 1.82) is 0 Å². The molecule has 0 amide bonds. The third kappa shape index (κ3) is 4.84. The van der Waals surface area contributed by atoms with Crippen molar-refractivity contribution < 1.29 is 8.42 Å². The molecule has 19 heavy (non-hydrogen) atoms. The SMILES string of the molecule is CC1CCN(Cc2cccc(NS(C)(=O)=O)c2)CC1. The number of benzene rings is 1. The average Bonchev–Trinajstić information content (AvgIpc) is 2.30. The minimum absolute atomic E-state index is 0.644. The van der Waals surface area contributed by atoms with E-state index in [0.29, 0.717) is 5.69 Å². The predicted molar refractivity (Wildman–Crippen MR) is 78.6 cm³/mol. The maximum absolute atomic E-state index is 11.2. The summed E-state index contributed by atoms with van der Waals surface area (Å²) in [5.74, 6) is 0.828. The maximum Gasteiger partial charge on any atom is 0.229 e. The lowest BCUT2D eigenvalue weighted by atomic mass is 9.99. The molecular weight excluding hydrogens is 260 g/mol. The molecule has 4 nitrogen and oxygen atoms in total. The van der Waals surface area contributed by atoms with Crippen LogP contribution in [0.1, 0.15) is 25.3 Å². The first kappa shape index (κ1) is 14.3. The highest BCUT2D eigenvalue weighted by Crippen LogP contribution is 2.19. The van der Waals surface area contributed by atoms with Gasteiger partial charge in [0.15, 0.2) is 0 Å². The van der Waals surface area contributed by atoms with Gasteiger partial charge in [-0.1, -0.05) is 19.1 Å². The number of likely N-dealkylation sites (tertiary alicyclic amines) is 1. The second-order valence-electron chi connectivity index (χ2n) is 5.53. The van der Waals surface area contributed by atoms with Gasteiger partial charge in [0.2, 0.25) is 10.0 Å². The number of sulfonamides is 1. The largest absolute Gasteiger partial charge is 0.299 e. The van der Waals surface area contributed by atoms with E-state index in [0.717, 1.165) is 31.1 Å². The lowest BCUT2D eigenvalue weighted by Crippen LogP contribution is -2.32. The number of nitrogens with zero attached hydrogens (tertiary/aromatic N) is 1. The van der Waals surface area contributed by atoms with Crippen LogP contribution in [0.3, 0.4) is 0 Å². The van der Waals surface area contributed by atoms with E-state index >= 15 is 0 Å². The summed E-state index contributed by atoms with van der Waals surface area (Å²) in [7, 11) is -3.20. The van der Waals surface area contributed by atoms with Gasteiger partial charge in [-0.25, -0.2) is 8.42 Å². The van der Waals surface area contributed by atoms with Crippen molar-refractivity contribution in [2.75, 3.05) is 24.1 Å². The van der Waals surface area contributed by atoms with Gasteiger partial charge in [0.1, 0.15) is 0 Å². The summed E-state index contributed by atoms with van der Waals surface area (Å²) < 4.78 is 25.0. The second kappa shape index (κ2) is 5.92. The summed E-state index contributed by atoms with van der Waals surface area (Å²) in [6.07, 6.45) is 3.67. The predicted octanol–water partition coefficient (Wildman–Crippen LogP) is 2.29. The van der Waals surface area contributed by atoms with Gasteiger partial charge >= 0.3 is 0 Å². The third-order valence-corrected chi connectivity index (χ3v) is 4.12. The van der Waals surface area contributed by atoms with E-state index in [1.54, 1.807) is 6.07 Å². The molecule has 1 saturated heterocycles. The Morgan fingerprint density at radius 2 is 2.00 bits per heavy atom. The van der Waals surface area contributed by atoms with Crippen molar-refractivity contribution in [3.8, 4) is 0 Å². The van der Waals surface area contributed by atoms with Gasteiger partial charge in [-0.3, -0.25) is 9.62 Å².